The highest BCUT2D eigenvalue weighted by Crippen LogP contribution is 2.21. The van der Waals surface area contributed by atoms with Gasteiger partial charge in [-0.15, -0.1) is 0 Å². The molecule has 2 heterocycles. The lowest BCUT2D eigenvalue weighted by atomic mass is 10.2. The minimum absolute atomic E-state index is 0.420. The van der Waals surface area contributed by atoms with Crippen molar-refractivity contribution in [2.45, 2.75) is 12.5 Å². The van der Waals surface area contributed by atoms with Gasteiger partial charge in [-0.3, -0.25) is 4.79 Å². The molecule has 16 heavy (non-hydrogen) atoms. The summed E-state index contributed by atoms with van der Waals surface area (Å²) >= 11 is 0. The van der Waals surface area contributed by atoms with Crippen molar-refractivity contribution in [3.05, 3.63) is 23.9 Å². The lowest BCUT2D eigenvalue weighted by molar-refractivity contribution is 0.100. The van der Waals surface area contributed by atoms with Gasteiger partial charge >= 0.3 is 0 Å². The summed E-state index contributed by atoms with van der Waals surface area (Å²) in [7, 11) is 1.95. The van der Waals surface area contributed by atoms with Gasteiger partial charge in [0.25, 0.3) is 5.91 Å². The van der Waals surface area contributed by atoms with E-state index in [1.54, 1.807) is 18.3 Å². The standard InChI is InChI=1S/C11H16N4O/c1-13-8-4-6-15(7-8)11-9(10(12)16)3-2-5-14-11/h2-3,5,8,13H,4,6-7H2,1H3,(H2,12,16). The Kier molecular flexibility index (Phi) is 3.05. The molecule has 0 radical (unpaired) electrons. The van der Waals surface area contributed by atoms with E-state index in [0.29, 0.717) is 17.4 Å². The topological polar surface area (TPSA) is 71.2 Å². The van der Waals surface area contributed by atoms with Crippen LogP contribution in [0.5, 0.6) is 0 Å². The molecular weight excluding hydrogens is 204 g/mol. The summed E-state index contributed by atoms with van der Waals surface area (Å²) in [6.45, 7) is 1.77. The second-order valence-corrected chi connectivity index (χ2v) is 3.96. The first-order valence-electron chi connectivity index (χ1n) is 5.39. The van der Waals surface area contributed by atoms with Crippen LogP contribution in [0.1, 0.15) is 16.8 Å². The van der Waals surface area contributed by atoms with Crippen LogP contribution in [0.25, 0.3) is 0 Å². The van der Waals surface area contributed by atoms with E-state index in [0.717, 1.165) is 19.5 Å². The Hall–Kier alpha value is -1.62. The zero-order chi connectivity index (χ0) is 11.5. The Balaban J connectivity index is 2.24. The summed E-state index contributed by atoms with van der Waals surface area (Å²) in [4.78, 5) is 17.6. The molecular formula is C11H16N4O. The fraction of sp³-hybridized carbons (Fsp3) is 0.455. The first-order chi connectivity index (χ1) is 7.72. The van der Waals surface area contributed by atoms with E-state index in [-0.39, 0.29) is 0 Å². The molecule has 1 atom stereocenters. The van der Waals surface area contributed by atoms with Crippen molar-refractivity contribution in [2.24, 2.45) is 5.73 Å². The minimum Gasteiger partial charge on any atom is -0.365 e. The van der Waals surface area contributed by atoms with Crippen LogP contribution >= 0.6 is 0 Å². The highest BCUT2D eigenvalue weighted by Gasteiger charge is 2.24. The van der Waals surface area contributed by atoms with Gasteiger partial charge in [0.15, 0.2) is 0 Å². The molecule has 0 bridgehead atoms. The normalized spacial score (nSPS) is 20.1. The predicted octanol–water partition coefficient (Wildman–Crippen LogP) is -0.0214. The number of pyridine rings is 1. The van der Waals surface area contributed by atoms with E-state index < -0.39 is 5.91 Å². The van der Waals surface area contributed by atoms with Crippen LogP contribution in [0.2, 0.25) is 0 Å². The molecule has 3 N–H and O–H groups in total. The molecule has 1 aromatic heterocycles. The van der Waals surface area contributed by atoms with Gasteiger partial charge in [-0.25, -0.2) is 4.98 Å². The Morgan fingerprint density at radius 3 is 3.12 bits per heavy atom. The van der Waals surface area contributed by atoms with Crippen LogP contribution in [-0.2, 0) is 0 Å². The van der Waals surface area contributed by atoms with Crippen molar-refractivity contribution in [2.75, 3.05) is 25.0 Å². The first kappa shape index (κ1) is 10.9. The number of nitrogens with zero attached hydrogens (tertiary/aromatic N) is 2. The minimum atomic E-state index is -0.420. The maximum absolute atomic E-state index is 11.3. The van der Waals surface area contributed by atoms with Crippen molar-refractivity contribution in [1.82, 2.24) is 10.3 Å². The van der Waals surface area contributed by atoms with E-state index in [9.17, 15) is 4.79 Å². The number of primary amides is 1. The highest BCUT2D eigenvalue weighted by molar-refractivity contribution is 5.97. The Morgan fingerprint density at radius 1 is 1.69 bits per heavy atom. The van der Waals surface area contributed by atoms with Gasteiger partial charge in [-0.1, -0.05) is 0 Å². The Labute approximate surface area is 94.6 Å². The van der Waals surface area contributed by atoms with E-state index in [2.05, 4.69) is 15.2 Å². The summed E-state index contributed by atoms with van der Waals surface area (Å²) in [5.74, 6) is 0.281. The van der Waals surface area contributed by atoms with Gasteiger partial charge in [-0.2, -0.15) is 0 Å². The lowest BCUT2D eigenvalue weighted by Gasteiger charge is -2.19. The number of hydrogen-bond donors (Lipinski definition) is 2. The first-order valence-corrected chi connectivity index (χ1v) is 5.39. The molecule has 5 nitrogen and oxygen atoms in total. The third-order valence-corrected chi connectivity index (χ3v) is 2.95. The average molecular weight is 220 g/mol. The molecule has 0 saturated carbocycles. The number of likely N-dealkylation sites (N-methyl/N-ethyl adjacent to an activating group) is 1. The van der Waals surface area contributed by atoms with E-state index in [1.807, 2.05) is 7.05 Å². The molecule has 1 amide bonds. The number of rotatable bonds is 3. The monoisotopic (exact) mass is 220 g/mol. The van der Waals surface area contributed by atoms with Crippen LogP contribution in [0, 0.1) is 0 Å². The Bertz CT molecular complexity index is 393. The average Bonchev–Trinajstić information content (AvgIpc) is 2.77. The van der Waals surface area contributed by atoms with E-state index >= 15 is 0 Å². The fourth-order valence-electron chi connectivity index (χ4n) is 2.03. The van der Waals surface area contributed by atoms with Crippen LogP contribution in [0.15, 0.2) is 18.3 Å². The number of carbonyl (C=O) groups excluding carboxylic acids is 1. The van der Waals surface area contributed by atoms with E-state index in [1.165, 1.54) is 0 Å². The predicted molar refractivity (Wildman–Crippen MR) is 62.4 cm³/mol. The van der Waals surface area contributed by atoms with Gasteiger partial charge in [0.05, 0.1) is 5.56 Å². The second kappa shape index (κ2) is 4.49. The summed E-state index contributed by atoms with van der Waals surface area (Å²) in [5.41, 5.74) is 5.83. The summed E-state index contributed by atoms with van der Waals surface area (Å²) in [5, 5.41) is 3.23. The van der Waals surface area contributed by atoms with Crippen LogP contribution in [0.3, 0.4) is 0 Å². The number of nitrogens with one attached hydrogen (secondary N) is 1. The van der Waals surface area contributed by atoms with Gasteiger partial charge in [-0.05, 0) is 25.6 Å². The zero-order valence-corrected chi connectivity index (χ0v) is 9.31. The molecule has 1 unspecified atom stereocenters. The molecule has 0 spiro atoms. The highest BCUT2D eigenvalue weighted by atomic mass is 16.1. The van der Waals surface area contributed by atoms with Crippen molar-refractivity contribution >= 4 is 11.7 Å². The largest absolute Gasteiger partial charge is 0.365 e. The van der Waals surface area contributed by atoms with Crippen molar-refractivity contribution in [3.8, 4) is 0 Å². The number of nitrogens with two attached hydrogens (primary N) is 1. The number of amides is 1. The Morgan fingerprint density at radius 2 is 2.50 bits per heavy atom. The molecule has 1 fully saturated rings. The summed E-state index contributed by atoms with van der Waals surface area (Å²) in [6, 6.07) is 3.91. The molecule has 1 aromatic rings. The number of aromatic nitrogens is 1. The molecule has 1 aliphatic heterocycles. The molecule has 1 saturated heterocycles. The van der Waals surface area contributed by atoms with Crippen molar-refractivity contribution in [3.63, 3.8) is 0 Å². The fourth-order valence-corrected chi connectivity index (χ4v) is 2.03. The quantitative estimate of drug-likeness (QED) is 0.751. The SMILES string of the molecule is CNC1CCN(c2ncccc2C(N)=O)C1. The van der Waals surface area contributed by atoms with E-state index in [4.69, 9.17) is 5.73 Å². The molecule has 0 aliphatic carbocycles. The van der Waals surface area contributed by atoms with Crippen LogP contribution in [0.4, 0.5) is 5.82 Å². The maximum atomic E-state index is 11.3. The van der Waals surface area contributed by atoms with Crippen molar-refractivity contribution < 1.29 is 4.79 Å². The van der Waals surface area contributed by atoms with Gasteiger partial charge in [0, 0.05) is 25.3 Å². The molecule has 0 aromatic carbocycles. The summed E-state index contributed by atoms with van der Waals surface area (Å²) in [6.07, 6.45) is 2.75. The third kappa shape index (κ3) is 1.99. The van der Waals surface area contributed by atoms with Gasteiger partial charge < -0.3 is 16.0 Å². The maximum Gasteiger partial charge on any atom is 0.252 e. The third-order valence-electron chi connectivity index (χ3n) is 2.95. The van der Waals surface area contributed by atoms with Gasteiger partial charge in [0.1, 0.15) is 5.82 Å². The number of anilines is 1. The van der Waals surface area contributed by atoms with Gasteiger partial charge in [0.2, 0.25) is 0 Å². The van der Waals surface area contributed by atoms with Crippen LogP contribution < -0.4 is 16.0 Å². The molecule has 1 aliphatic rings. The summed E-state index contributed by atoms with van der Waals surface area (Å²) < 4.78 is 0. The molecule has 86 valence electrons. The number of carbonyl (C=O) groups is 1. The molecule has 5 heteroatoms. The zero-order valence-electron chi connectivity index (χ0n) is 9.31. The number of hydrogen-bond acceptors (Lipinski definition) is 4. The second-order valence-electron chi connectivity index (χ2n) is 3.96. The molecule has 2 rings (SSSR count). The lowest BCUT2D eigenvalue weighted by Crippen LogP contribution is -2.31. The van der Waals surface area contributed by atoms with Crippen molar-refractivity contribution in [1.29, 1.82) is 0 Å². The van der Waals surface area contributed by atoms with Crippen LogP contribution in [-0.4, -0.2) is 37.1 Å². The smallest absolute Gasteiger partial charge is 0.252 e.